The molecule has 0 atom stereocenters. The fourth-order valence-electron chi connectivity index (χ4n) is 3.69. The highest BCUT2D eigenvalue weighted by atomic mass is 19.1. The van der Waals surface area contributed by atoms with E-state index in [1.165, 1.54) is 17.7 Å². The Balaban J connectivity index is 1.64. The number of nitrogens with zero attached hydrogens (tertiary/aromatic N) is 1. The van der Waals surface area contributed by atoms with Crippen LogP contribution in [-0.4, -0.2) is 37.0 Å². The number of carbonyl (C=O) groups is 1. The molecule has 3 aromatic rings. The Hall–Kier alpha value is -3.38. The van der Waals surface area contributed by atoms with Crippen LogP contribution in [0.3, 0.4) is 0 Å². The van der Waals surface area contributed by atoms with E-state index in [-0.39, 0.29) is 24.4 Å². The molecule has 0 saturated carbocycles. The summed E-state index contributed by atoms with van der Waals surface area (Å²) in [5.41, 5.74) is 3.00. The van der Waals surface area contributed by atoms with Gasteiger partial charge in [-0.05, 0) is 61.2 Å². The molecule has 1 amide bonds. The van der Waals surface area contributed by atoms with Crippen LogP contribution in [0.5, 0.6) is 11.5 Å². The van der Waals surface area contributed by atoms with Crippen molar-refractivity contribution in [2.45, 2.75) is 39.5 Å². The Bertz CT molecular complexity index is 1060. The van der Waals surface area contributed by atoms with E-state index in [1.807, 2.05) is 56.3 Å². The number of amides is 1. The largest absolute Gasteiger partial charge is 0.493 e. The molecular weight excluding hydrogens is 431 g/mol. The molecule has 1 N–H and O–H groups in total. The fraction of sp³-hybridized carbons (Fsp3) is 0.321. The van der Waals surface area contributed by atoms with E-state index in [2.05, 4.69) is 22.3 Å². The summed E-state index contributed by atoms with van der Waals surface area (Å²) in [5, 5.41) is 2.97. The lowest BCUT2D eigenvalue weighted by Gasteiger charge is -2.23. The Labute approximate surface area is 201 Å². The lowest BCUT2D eigenvalue weighted by molar-refractivity contribution is -0.122. The summed E-state index contributed by atoms with van der Waals surface area (Å²) in [6.45, 7) is 5.92. The first-order valence-corrected chi connectivity index (χ1v) is 11.5. The molecule has 6 heteroatoms. The minimum absolute atomic E-state index is 0.0182. The molecule has 5 nitrogen and oxygen atoms in total. The SMILES string of the molecule is COc1cc(CCN(CC(=O)NC(C)C)Cc2ccccc2)ccc1OCc1cccc(F)c1. The van der Waals surface area contributed by atoms with Gasteiger partial charge < -0.3 is 14.8 Å². The zero-order chi connectivity index (χ0) is 24.3. The van der Waals surface area contributed by atoms with Crippen LogP contribution in [0.2, 0.25) is 0 Å². The molecule has 0 unspecified atom stereocenters. The number of ether oxygens (including phenoxy) is 2. The maximum atomic E-state index is 13.4. The van der Waals surface area contributed by atoms with Gasteiger partial charge in [0.05, 0.1) is 13.7 Å². The van der Waals surface area contributed by atoms with Crippen molar-refractivity contribution >= 4 is 5.91 Å². The zero-order valence-electron chi connectivity index (χ0n) is 20.1. The summed E-state index contributed by atoms with van der Waals surface area (Å²) < 4.78 is 24.8. The van der Waals surface area contributed by atoms with Crippen molar-refractivity contribution in [3.05, 3.63) is 95.3 Å². The standard InChI is InChI=1S/C28H33FN2O3/c1-21(2)30-28(32)19-31(18-23-8-5-4-6-9-23)15-14-22-12-13-26(27(17-22)33-3)34-20-24-10-7-11-25(29)16-24/h4-13,16-17,21H,14-15,18-20H2,1-3H3,(H,30,32). The van der Waals surface area contributed by atoms with Crippen LogP contribution in [-0.2, 0) is 24.4 Å². The Morgan fingerprint density at radius 2 is 1.71 bits per heavy atom. The van der Waals surface area contributed by atoms with Gasteiger partial charge in [0.2, 0.25) is 5.91 Å². The first-order valence-electron chi connectivity index (χ1n) is 11.5. The predicted octanol–water partition coefficient (Wildman–Crippen LogP) is 4.98. The molecule has 0 aliphatic rings. The molecule has 0 aromatic heterocycles. The van der Waals surface area contributed by atoms with Gasteiger partial charge in [0.1, 0.15) is 12.4 Å². The van der Waals surface area contributed by atoms with E-state index in [9.17, 15) is 9.18 Å². The molecule has 3 aromatic carbocycles. The minimum atomic E-state index is -0.287. The second-order valence-electron chi connectivity index (χ2n) is 8.57. The molecule has 0 fully saturated rings. The maximum Gasteiger partial charge on any atom is 0.234 e. The second-order valence-corrected chi connectivity index (χ2v) is 8.57. The fourth-order valence-corrected chi connectivity index (χ4v) is 3.69. The Morgan fingerprint density at radius 1 is 0.941 bits per heavy atom. The lowest BCUT2D eigenvalue weighted by atomic mass is 10.1. The van der Waals surface area contributed by atoms with Crippen molar-refractivity contribution in [2.75, 3.05) is 20.2 Å². The van der Waals surface area contributed by atoms with Crippen molar-refractivity contribution in [3.8, 4) is 11.5 Å². The van der Waals surface area contributed by atoms with Crippen molar-refractivity contribution in [2.24, 2.45) is 0 Å². The molecule has 0 heterocycles. The summed E-state index contributed by atoms with van der Waals surface area (Å²) >= 11 is 0. The van der Waals surface area contributed by atoms with Crippen LogP contribution < -0.4 is 14.8 Å². The summed E-state index contributed by atoms with van der Waals surface area (Å²) in [4.78, 5) is 14.6. The molecule has 0 bridgehead atoms. The van der Waals surface area contributed by atoms with Crippen molar-refractivity contribution in [1.29, 1.82) is 0 Å². The molecule has 3 rings (SSSR count). The van der Waals surface area contributed by atoms with Gasteiger partial charge in [-0.1, -0.05) is 48.5 Å². The average Bonchev–Trinajstić information content (AvgIpc) is 2.81. The van der Waals surface area contributed by atoms with E-state index in [0.717, 1.165) is 17.5 Å². The number of methoxy groups -OCH3 is 1. The number of nitrogens with one attached hydrogen (secondary N) is 1. The van der Waals surface area contributed by atoms with Crippen LogP contribution in [0, 0.1) is 5.82 Å². The molecule has 0 radical (unpaired) electrons. The van der Waals surface area contributed by atoms with Gasteiger partial charge in [0.25, 0.3) is 0 Å². The van der Waals surface area contributed by atoms with Gasteiger partial charge in [0, 0.05) is 19.1 Å². The van der Waals surface area contributed by atoms with Crippen LogP contribution in [0.4, 0.5) is 4.39 Å². The number of hydrogen-bond acceptors (Lipinski definition) is 4. The van der Waals surface area contributed by atoms with E-state index < -0.39 is 0 Å². The van der Waals surface area contributed by atoms with Crippen molar-refractivity contribution in [3.63, 3.8) is 0 Å². The third-order valence-corrected chi connectivity index (χ3v) is 5.29. The normalized spacial score (nSPS) is 11.0. The molecule has 0 aliphatic carbocycles. The van der Waals surface area contributed by atoms with Crippen LogP contribution in [0.15, 0.2) is 72.8 Å². The van der Waals surface area contributed by atoms with E-state index in [1.54, 1.807) is 13.2 Å². The highest BCUT2D eigenvalue weighted by Gasteiger charge is 2.14. The van der Waals surface area contributed by atoms with Crippen molar-refractivity contribution < 1.29 is 18.7 Å². The van der Waals surface area contributed by atoms with Gasteiger partial charge in [-0.25, -0.2) is 4.39 Å². The molecule has 0 aliphatic heterocycles. The highest BCUT2D eigenvalue weighted by Crippen LogP contribution is 2.29. The number of rotatable bonds is 12. The van der Waals surface area contributed by atoms with Crippen LogP contribution in [0.1, 0.15) is 30.5 Å². The number of carbonyl (C=O) groups excluding carboxylic acids is 1. The molecule has 0 spiro atoms. The third kappa shape index (κ3) is 8.19. The molecular formula is C28H33FN2O3. The average molecular weight is 465 g/mol. The van der Waals surface area contributed by atoms with Gasteiger partial charge in [-0.2, -0.15) is 0 Å². The van der Waals surface area contributed by atoms with Gasteiger partial charge >= 0.3 is 0 Å². The van der Waals surface area contributed by atoms with Crippen LogP contribution >= 0.6 is 0 Å². The third-order valence-electron chi connectivity index (χ3n) is 5.29. The van der Waals surface area contributed by atoms with Gasteiger partial charge in [-0.15, -0.1) is 0 Å². The number of halogens is 1. The predicted molar refractivity (Wildman–Crippen MR) is 132 cm³/mol. The summed E-state index contributed by atoms with van der Waals surface area (Å²) in [6.07, 6.45) is 0.752. The summed E-state index contributed by atoms with van der Waals surface area (Å²) in [6, 6.07) is 22.4. The number of benzene rings is 3. The quantitative estimate of drug-likeness (QED) is 0.411. The van der Waals surface area contributed by atoms with E-state index in [4.69, 9.17) is 9.47 Å². The molecule has 0 saturated heterocycles. The Morgan fingerprint density at radius 3 is 2.41 bits per heavy atom. The molecule has 180 valence electrons. The Kier molecular flexibility index (Phi) is 9.47. The first kappa shape index (κ1) is 25.2. The monoisotopic (exact) mass is 464 g/mol. The molecule has 34 heavy (non-hydrogen) atoms. The van der Waals surface area contributed by atoms with E-state index in [0.29, 0.717) is 31.1 Å². The van der Waals surface area contributed by atoms with Crippen LogP contribution in [0.25, 0.3) is 0 Å². The summed E-state index contributed by atoms with van der Waals surface area (Å²) in [7, 11) is 1.60. The maximum absolute atomic E-state index is 13.4. The zero-order valence-corrected chi connectivity index (χ0v) is 20.1. The van der Waals surface area contributed by atoms with E-state index >= 15 is 0 Å². The second kappa shape index (κ2) is 12.8. The highest BCUT2D eigenvalue weighted by molar-refractivity contribution is 5.78. The topological polar surface area (TPSA) is 50.8 Å². The first-order chi connectivity index (χ1) is 16.4. The van der Waals surface area contributed by atoms with Gasteiger partial charge in [-0.3, -0.25) is 9.69 Å². The number of hydrogen-bond donors (Lipinski definition) is 1. The van der Waals surface area contributed by atoms with Crippen molar-refractivity contribution in [1.82, 2.24) is 10.2 Å². The lowest BCUT2D eigenvalue weighted by Crippen LogP contribution is -2.40. The smallest absolute Gasteiger partial charge is 0.234 e. The van der Waals surface area contributed by atoms with Gasteiger partial charge in [0.15, 0.2) is 11.5 Å². The summed E-state index contributed by atoms with van der Waals surface area (Å²) in [5.74, 6) is 0.962. The minimum Gasteiger partial charge on any atom is -0.493 e.